The van der Waals surface area contributed by atoms with Gasteiger partial charge in [0.25, 0.3) is 5.91 Å². The summed E-state index contributed by atoms with van der Waals surface area (Å²) in [6.07, 6.45) is 0.775. The molecular formula is C13H16N4OS. The van der Waals surface area contributed by atoms with Crippen LogP contribution < -0.4 is 16.8 Å². The third-order valence-corrected chi connectivity index (χ3v) is 3.53. The number of hydrogen-bond donors (Lipinski definition) is 3. The molecule has 5 nitrogen and oxygen atoms in total. The second kappa shape index (κ2) is 5.71. The summed E-state index contributed by atoms with van der Waals surface area (Å²) in [6, 6.07) is 5.11. The van der Waals surface area contributed by atoms with Gasteiger partial charge in [0.05, 0.1) is 27.6 Å². The molecule has 100 valence electrons. The fraction of sp³-hybridized carbons (Fsp3) is 0.231. The average molecular weight is 276 g/mol. The van der Waals surface area contributed by atoms with Crippen molar-refractivity contribution in [1.82, 2.24) is 4.98 Å². The Hall–Kier alpha value is -2.08. The lowest BCUT2D eigenvalue weighted by atomic mass is 10.1. The number of nitrogen functional groups attached to an aromatic ring is 1. The van der Waals surface area contributed by atoms with Crippen molar-refractivity contribution in [3.63, 3.8) is 0 Å². The summed E-state index contributed by atoms with van der Waals surface area (Å²) in [4.78, 5) is 15.7. The summed E-state index contributed by atoms with van der Waals surface area (Å²) in [7, 11) is 0. The van der Waals surface area contributed by atoms with Gasteiger partial charge in [0.15, 0.2) is 0 Å². The fourth-order valence-corrected chi connectivity index (χ4v) is 2.46. The molecule has 0 aliphatic heterocycles. The number of carbonyl (C=O) groups is 1. The first-order valence-corrected chi connectivity index (χ1v) is 6.79. The number of para-hydroxylation sites is 1. The van der Waals surface area contributed by atoms with Gasteiger partial charge < -0.3 is 16.8 Å². The highest BCUT2D eigenvalue weighted by Gasteiger charge is 2.10. The van der Waals surface area contributed by atoms with Crippen LogP contribution >= 0.6 is 11.3 Å². The molecule has 0 aliphatic carbocycles. The molecule has 0 unspecified atom stereocenters. The van der Waals surface area contributed by atoms with E-state index in [1.807, 2.05) is 12.3 Å². The molecule has 1 aromatic carbocycles. The van der Waals surface area contributed by atoms with Gasteiger partial charge in [-0.3, -0.25) is 4.79 Å². The van der Waals surface area contributed by atoms with E-state index in [4.69, 9.17) is 11.5 Å². The maximum Gasteiger partial charge on any atom is 0.250 e. The maximum atomic E-state index is 11.3. The number of rotatable bonds is 5. The van der Waals surface area contributed by atoms with Gasteiger partial charge in [0, 0.05) is 18.3 Å². The van der Waals surface area contributed by atoms with Crippen molar-refractivity contribution >= 4 is 28.6 Å². The average Bonchev–Trinajstić information content (AvgIpc) is 2.77. The van der Waals surface area contributed by atoms with Gasteiger partial charge in [-0.15, -0.1) is 11.3 Å². The third-order valence-electron chi connectivity index (χ3n) is 2.71. The van der Waals surface area contributed by atoms with Gasteiger partial charge in [-0.1, -0.05) is 6.07 Å². The van der Waals surface area contributed by atoms with Crippen LogP contribution in [0.3, 0.4) is 0 Å². The minimum Gasteiger partial charge on any atom is -0.397 e. The Kier molecular flexibility index (Phi) is 4.01. The number of aromatic nitrogens is 1. The number of thiazole rings is 1. The Labute approximate surface area is 115 Å². The predicted molar refractivity (Wildman–Crippen MR) is 78.4 cm³/mol. The van der Waals surface area contributed by atoms with E-state index in [1.54, 1.807) is 29.5 Å². The summed E-state index contributed by atoms with van der Waals surface area (Å²) in [5.41, 5.74) is 13.7. The van der Waals surface area contributed by atoms with Crippen molar-refractivity contribution in [3.05, 3.63) is 39.8 Å². The number of aryl methyl sites for hydroxylation is 1. The first-order valence-electron chi connectivity index (χ1n) is 5.91. The highest BCUT2D eigenvalue weighted by atomic mass is 32.1. The lowest BCUT2D eigenvalue weighted by Gasteiger charge is -2.12. The molecular weight excluding hydrogens is 260 g/mol. The predicted octanol–water partition coefficient (Wildman–Crippen LogP) is 1.79. The maximum absolute atomic E-state index is 11.3. The number of amides is 1. The number of primary amides is 1. The van der Waals surface area contributed by atoms with Crippen molar-refractivity contribution in [3.8, 4) is 0 Å². The number of nitrogens with one attached hydrogen (secondary N) is 1. The summed E-state index contributed by atoms with van der Waals surface area (Å²) in [5.74, 6) is -0.487. The molecule has 0 spiro atoms. The van der Waals surface area contributed by atoms with Crippen molar-refractivity contribution in [2.24, 2.45) is 5.73 Å². The van der Waals surface area contributed by atoms with E-state index in [0.29, 0.717) is 23.5 Å². The van der Waals surface area contributed by atoms with Crippen LogP contribution in [0.4, 0.5) is 11.4 Å². The highest BCUT2D eigenvalue weighted by Crippen LogP contribution is 2.23. The van der Waals surface area contributed by atoms with E-state index in [1.165, 1.54) is 0 Å². The number of nitrogens with two attached hydrogens (primary N) is 2. The number of hydrogen-bond acceptors (Lipinski definition) is 5. The number of benzene rings is 1. The van der Waals surface area contributed by atoms with Crippen LogP contribution in [-0.4, -0.2) is 17.4 Å². The SMILES string of the molecule is Cc1nc(CCNc2c(N)cccc2C(N)=O)cs1. The van der Waals surface area contributed by atoms with Crippen LogP contribution in [0, 0.1) is 6.92 Å². The molecule has 0 saturated heterocycles. The number of nitrogens with zero attached hydrogens (tertiary/aromatic N) is 1. The molecule has 2 aromatic rings. The lowest BCUT2D eigenvalue weighted by Crippen LogP contribution is -2.16. The highest BCUT2D eigenvalue weighted by molar-refractivity contribution is 7.09. The van der Waals surface area contributed by atoms with Crippen molar-refractivity contribution < 1.29 is 4.79 Å². The zero-order valence-electron chi connectivity index (χ0n) is 10.6. The Morgan fingerprint density at radius 3 is 2.89 bits per heavy atom. The summed E-state index contributed by atoms with van der Waals surface area (Å²) >= 11 is 1.62. The van der Waals surface area contributed by atoms with E-state index >= 15 is 0 Å². The van der Waals surface area contributed by atoms with Gasteiger partial charge in [-0.25, -0.2) is 4.98 Å². The Morgan fingerprint density at radius 2 is 2.26 bits per heavy atom. The van der Waals surface area contributed by atoms with E-state index < -0.39 is 5.91 Å². The molecule has 0 saturated carbocycles. The molecule has 5 N–H and O–H groups in total. The van der Waals surface area contributed by atoms with E-state index in [2.05, 4.69) is 10.3 Å². The van der Waals surface area contributed by atoms with E-state index in [-0.39, 0.29) is 0 Å². The van der Waals surface area contributed by atoms with Crippen LogP contribution in [0.5, 0.6) is 0 Å². The van der Waals surface area contributed by atoms with Crippen LogP contribution in [0.15, 0.2) is 23.6 Å². The second-order valence-electron chi connectivity index (χ2n) is 4.17. The molecule has 1 amide bonds. The first-order chi connectivity index (χ1) is 9.08. The van der Waals surface area contributed by atoms with Crippen molar-refractivity contribution in [1.29, 1.82) is 0 Å². The molecule has 0 bridgehead atoms. The van der Waals surface area contributed by atoms with Crippen LogP contribution in [0.2, 0.25) is 0 Å². The topological polar surface area (TPSA) is 94.0 Å². The summed E-state index contributed by atoms with van der Waals surface area (Å²) < 4.78 is 0. The monoisotopic (exact) mass is 276 g/mol. The fourth-order valence-electron chi connectivity index (χ4n) is 1.81. The summed E-state index contributed by atoms with van der Waals surface area (Å²) in [6.45, 7) is 2.62. The third kappa shape index (κ3) is 3.23. The van der Waals surface area contributed by atoms with Crippen LogP contribution in [-0.2, 0) is 6.42 Å². The zero-order valence-corrected chi connectivity index (χ0v) is 11.5. The normalized spacial score (nSPS) is 10.4. The second-order valence-corrected chi connectivity index (χ2v) is 5.23. The molecule has 0 radical (unpaired) electrons. The number of anilines is 2. The Bertz CT molecular complexity index is 594. The molecule has 0 fully saturated rings. The van der Waals surface area contributed by atoms with Gasteiger partial charge in [0.1, 0.15) is 0 Å². The quantitative estimate of drug-likeness (QED) is 0.726. The largest absolute Gasteiger partial charge is 0.397 e. The number of carbonyl (C=O) groups excluding carboxylic acids is 1. The van der Waals surface area contributed by atoms with Crippen molar-refractivity contribution in [2.45, 2.75) is 13.3 Å². The first kappa shape index (κ1) is 13.4. The van der Waals surface area contributed by atoms with Gasteiger partial charge in [-0.2, -0.15) is 0 Å². The molecule has 6 heteroatoms. The molecule has 1 aromatic heterocycles. The lowest BCUT2D eigenvalue weighted by molar-refractivity contribution is 0.100. The van der Waals surface area contributed by atoms with Crippen molar-refractivity contribution in [2.75, 3.05) is 17.6 Å². The van der Waals surface area contributed by atoms with Crippen LogP contribution in [0.1, 0.15) is 21.1 Å². The molecule has 19 heavy (non-hydrogen) atoms. The standard InChI is InChI=1S/C13H16N4OS/c1-8-17-9(7-19-8)5-6-16-12-10(13(15)18)3-2-4-11(12)14/h2-4,7,16H,5-6,14H2,1H3,(H2,15,18). The molecule has 2 rings (SSSR count). The molecule has 0 atom stereocenters. The Balaban J connectivity index is 2.05. The van der Waals surface area contributed by atoms with Gasteiger partial charge >= 0.3 is 0 Å². The van der Waals surface area contributed by atoms with E-state index in [0.717, 1.165) is 17.1 Å². The smallest absolute Gasteiger partial charge is 0.250 e. The van der Waals surface area contributed by atoms with Crippen LogP contribution in [0.25, 0.3) is 0 Å². The summed E-state index contributed by atoms with van der Waals surface area (Å²) in [5, 5.41) is 6.24. The van der Waals surface area contributed by atoms with E-state index in [9.17, 15) is 4.79 Å². The zero-order chi connectivity index (χ0) is 13.8. The Morgan fingerprint density at radius 1 is 1.47 bits per heavy atom. The molecule has 0 aliphatic rings. The minimum atomic E-state index is -0.487. The molecule has 1 heterocycles. The van der Waals surface area contributed by atoms with Gasteiger partial charge in [-0.05, 0) is 19.1 Å². The minimum absolute atomic E-state index is 0.412. The van der Waals surface area contributed by atoms with Gasteiger partial charge in [0.2, 0.25) is 0 Å².